The number of rotatable bonds is 10. The Balaban J connectivity index is 1.98. The lowest BCUT2D eigenvalue weighted by Crippen LogP contribution is -2.25. The summed E-state index contributed by atoms with van der Waals surface area (Å²) < 4.78 is 34.8. The Hall–Kier alpha value is -3.17. The summed E-state index contributed by atoms with van der Waals surface area (Å²) in [7, 11) is 4.05. The Morgan fingerprint density at radius 3 is 2.38 bits per heavy atom. The third-order valence-corrected chi connectivity index (χ3v) is 8.19. The van der Waals surface area contributed by atoms with E-state index >= 15 is 0 Å². The predicted octanol–water partition coefficient (Wildman–Crippen LogP) is 4.18. The van der Waals surface area contributed by atoms with Crippen LogP contribution in [-0.2, 0) is 29.2 Å². The minimum atomic E-state index is -3.01. The van der Waals surface area contributed by atoms with E-state index in [0.717, 1.165) is 27.6 Å². The molecule has 37 heavy (non-hydrogen) atoms. The van der Waals surface area contributed by atoms with Crippen molar-refractivity contribution in [1.82, 2.24) is 9.80 Å². The second-order valence-electron chi connectivity index (χ2n) is 9.72. The fraction of sp³-hybridized carbons (Fsp3) is 0.429. The molecule has 0 fully saturated rings. The third kappa shape index (κ3) is 7.20. The van der Waals surface area contributed by atoms with Gasteiger partial charge in [-0.25, -0.2) is 18.0 Å². The molecule has 0 radical (unpaired) electrons. The highest BCUT2D eigenvalue weighted by Gasteiger charge is 2.19. The average molecular weight is 529 g/mol. The zero-order valence-electron chi connectivity index (χ0n) is 22.5. The fourth-order valence-electron chi connectivity index (χ4n) is 4.23. The zero-order chi connectivity index (χ0) is 27.3. The van der Waals surface area contributed by atoms with Gasteiger partial charge in [-0.3, -0.25) is 0 Å². The van der Waals surface area contributed by atoms with Crippen molar-refractivity contribution in [2.75, 3.05) is 39.7 Å². The number of hydrogen-bond donors (Lipinski definition) is 0. The van der Waals surface area contributed by atoms with Gasteiger partial charge in [-0.1, -0.05) is 25.1 Å². The van der Waals surface area contributed by atoms with Crippen LogP contribution < -0.4 is 10.4 Å². The SMILES string of the molecule is CCS(=O)(=O)CCCc1cccc(Cc2c(CN(C)C)c3ccc(OC(=O)N(C)C)cc3oc2=O)c1C. The van der Waals surface area contributed by atoms with Gasteiger partial charge in [-0.05, 0) is 68.2 Å². The first-order chi connectivity index (χ1) is 17.4. The second kappa shape index (κ2) is 11.9. The largest absolute Gasteiger partial charge is 0.422 e. The molecule has 0 unspecified atom stereocenters. The van der Waals surface area contributed by atoms with E-state index in [0.29, 0.717) is 42.7 Å². The minimum absolute atomic E-state index is 0.151. The van der Waals surface area contributed by atoms with Gasteiger partial charge in [0.25, 0.3) is 0 Å². The smallest absolute Gasteiger partial charge is 0.414 e. The van der Waals surface area contributed by atoms with Crippen molar-refractivity contribution >= 4 is 26.9 Å². The molecule has 0 atom stereocenters. The van der Waals surface area contributed by atoms with Crippen molar-refractivity contribution in [3.63, 3.8) is 0 Å². The molecular weight excluding hydrogens is 492 g/mol. The van der Waals surface area contributed by atoms with Crippen molar-refractivity contribution < 1.29 is 22.4 Å². The van der Waals surface area contributed by atoms with Crippen LogP contribution in [0.25, 0.3) is 11.0 Å². The summed E-state index contributed by atoms with van der Waals surface area (Å²) in [5.74, 6) is 0.615. The van der Waals surface area contributed by atoms with Gasteiger partial charge in [0, 0.05) is 49.8 Å². The van der Waals surface area contributed by atoms with Gasteiger partial charge in [0.05, 0.1) is 5.75 Å². The summed E-state index contributed by atoms with van der Waals surface area (Å²) in [6, 6.07) is 11.0. The summed E-state index contributed by atoms with van der Waals surface area (Å²) >= 11 is 0. The van der Waals surface area contributed by atoms with Gasteiger partial charge < -0.3 is 19.0 Å². The minimum Gasteiger partial charge on any atom is -0.422 e. The lowest BCUT2D eigenvalue weighted by molar-refractivity contribution is 0.172. The number of nitrogens with zero attached hydrogens (tertiary/aromatic N) is 2. The Morgan fingerprint density at radius 1 is 1.03 bits per heavy atom. The number of hydrogen-bond acceptors (Lipinski definition) is 7. The van der Waals surface area contributed by atoms with Crippen LogP contribution in [0.3, 0.4) is 0 Å². The maximum Gasteiger partial charge on any atom is 0.414 e. The van der Waals surface area contributed by atoms with Crippen LogP contribution in [-0.4, -0.2) is 64.0 Å². The Kier molecular flexibility index (Phi) is 9.15. The first kappa shape index (κ1) is 28.4. The molecule has 1 aromatic heterocycles. The molecule has 0 aliphatic heterocycles. The molecule has 0 bridgehead atoms. The summed E-state index contributed by atoms with van der Waals surface area (Å²) in [5, 5.41) is 0.784. The Labute approximate surface area is 218 Å². The van der Waals surface area contributed by atoms with E-state index in [1.165, 1.54) is 4.90 Å². The molecule has 0 aliphatic carbocycles. The molecule has 0 N–H and O–H groups in total. The normalized spacial score (nSPS) is 11.8. The average Bonchev–Trinajstić information content (AvgIpc) is 2.82. The summed E-state index contributed by atoms with van der Waals surface area (Å²) in [6.07, 6.45) is 1.09. The molecule has 1 heterocycles. The number of ether oxygens (including phenoxy) is 1. The summed E-state index contributed by atoms with van der Waals surface area (Å²) in [4.78, 5) is 28.5. The van der Waals surface area contributed by atoms with Crippen molar-refractivity contribution in [2.24, 2.45) is 0 Å². The topological polar surface area (TPSA) is 97.1 Å². The molecule has 3 rings (SSSR count). The van der Waals surface area contributed by atoms with E-state index in [1.807, 2.05) is 50.2 Å². The number of aryl methyl sites for hydroxylation is 1. The molecule has 9 heteroatoms. The highest BCUT2D eigenvalue weighted by molar-refractivity contribution is 7.91. The van der Waals surface area contributed by atoms with E-state index in [9.17, 15) is 18.0 Å². The number of fused-ring (bicyclic) bond motifs is 1. The van der Waals surface area contributed by atoms with Gasteiger partial charge in [-0.15, -0.1) is 0 Å². The predicted molar refractivity (Wildman–Crippen MR) is 146 cm³/mol. The Morgan fingerprint density at radius 2 is 1.73 bits per heavy atom. The molecule has 200 valence electrons. The summed E-state index contributed by atoms with van der Waals surface area (Å²) in [6.45, 7) is 4.21. The number of amides is 1. The monoisotopic (exact) mass is 528 g/mol. The quantitative estimate of drug-likeness (QED) is 0.364. The van der Waals surface area contributed by atoms with Crippen molar-refractivity contribution in [3.05, 3.63) is 74.6 Å². The fourth-order valence-corrected chi connectivity index (χ4v) is 5.10. The molecule has 8 nitrogen and oxygen atoms in total. The van der Waals surface area contributed by atoms with Crippen LogP contribution in [0.2, 0.25) is 0 Å². The number of carbonyl (C=O) groups excluding carboxylic acids is 1. The van der Waals surface area contributed by atoms with Crippen LogP contribution in [0.4, 0.5) is 4.79 Å². The van der Waals surface area contributed by atoms with Crippen LogP contribution in [0.5, 0.6) is 5.75 Å². The highest BCUT2D eigenvalue weighted by Crippen LogP contribution is 2.28. The van der Waals surface area contributed by atoms with E-state index in [4.69, 9.17) is 9.15 Å². The maximum atomic E-state index is 13.2. The van der Waals surface area contributed by atoms with Crippen LogP contribution in [0, 0.1) is 6.92 Å². The molecule has 1 amide bonds. The van der Waals surface area contributed by atoms with Crippen LogP contribution in [0.1, 0.15) is 41.2 Å². The van der Waals surface area contributed by atoms with E-state index < -0.39 is 21.6 Å². The second-order valence-corrected chi connectivity index (χ2v) is 12.2. The van der Waals surface area contributed by atoms with Gasteiger partial charge in [0.2, 0.25) is 0 Å². The first-order valence-electron chi connectivity index (χ1n) is 12.3. The van der Waals surface area contributed by atoms with E-state index in [2.05, 4.69) is 0 Å². The molecule has 0 aliphatic rings. The standard InChI is InChI=1S/C28H36N2O6S/c1-7-37(33,34)15-9-12-20-10-8-11-21(19(20)2)16-24-25(18-29(3)4)23-14-13-22(35-28(32)30(5)6)17-26(23)36-27(24)31/h8,10-11,13-14,17H,7,9,12,15-16,18H2,1-6H3. The third-order valence-electron chi connectivity index (χ3n) is 6.40. The van der Waals surface area contributed by atoms with Crippen molar-refractivity contribution in [3.8, 4) is 5.75 Å². The molecular formula is C28H36N2O6S. The van der Waals surface area contributed by atoms with Crippen LogP contribution >= 0.6 is 0 Å². The van der Waals surface area contributed by atoms with E-state index in [1.54, 1.807) is 33.2 Å². The van der Waals surface area contributed by atoms with Gasteiger partial charge in [0.15, 0.2) is 0 Å². The van der Waals surface area contributed by atoms with Gasteiger partial charge in [-0.2, -0.15) is 0 Å². The van der Waals surface area contributed by atoms with E-state index in [-0.39, 0.29) is 11.5 Å². The van der Waals surface area contributed by atoms with Gasteiger partial charge in [0.1, 0.15) is 21.2 Å². The lowest BCUT2D eigenvalue weighted by Gasteiger charge is -2.18. The zero-order valence-corrected chi connectivity index (χ0v) is 23.3. The highest BCUT2D eigenvalue weighted by atomic mass is 32.2. The summed E-state index contributed by atoms with van der Waals surface area (Å²) in [5.41, 5.74) is 4.50. The van der Waals surface area contributed by atoms with Gasteiger partial charge >= 0.3 is 11.7 Å². The Bertz CT molecular complexity index is 1440. The number of benzene rings is 2. The first-order valence-corrected chi connectivity index (χ1v) is 14.1. The molecule has 0 saturated heterocycles. The van der Waals surface area contributed by atoms with Crippen molar-refractivity contribution in [2.45, 2.75) is 39.7 Å². The lowest BCUT2D eigenvalue weighted by atomic mass is 9.92. The molecule has 0 spiro atoms. The number of carbonyl (C=O) groups is 1. The molecule has 3 aromatic rings. The maximum absolute atomic E-state index is 13.2. The number of sulfone groups is 1. The van der Waals surface area contributed by atoms with Crippen LogP contribution in [0.15, 0.2) is 45.6 Å². The molecule has 0 saturated carbocycles. The van der Waals surface area contributed by atoms with Crippen molar-refractivity contribution in [1.29, 1.82) is 0 Å². The molecule has 2 aromatic carbocycles.